The molecule has 2 heterocycles. The first kappa shape index (κ1) is 15.5. The van der Waals surface area contributed by atoms with Crippen molar-refractivity contribution in [2.45, 2.75) is 46.1 Å². The van der Waals surface area contributed by atoms with E-state index in [1.165, 1.54) is 0 Å². The number of hydrogen-bond acceptors (Lipinski definition) is 3. The summed E-state index contributed by atoms with van der Waals surface area (Å²) < 4.78 is 0. The van der Waals surface area contributed by atoms with E-state index in [0.29, 0.717) is 19.5 Å². The van der Waals surface area contributed by atoms with Crippen LogP contribution in [0.1, 0.15) is 42.5 Å². The molecule has 1 aromatic heterocycles. The van der Waals surface area contributed by atoms with Gasteiger partial charge in [0, 0.05) is 31.4 Å². The van der Waals surface area contributed by atoms with E-state index >= 15 is 0 Å². The van der Waals surface area contributed by atoms with E-state index in [1.54, 1.807) is 11.1 Å². The minimum atomic E-state index is -0.108. The van der Waals surface area contributed by atoms with Crippen molar-refractivity contribution in [3.05, 3.63) is 29.1 Å². The normalized spacial score (nSPS) is 15.7. The maximum atomic E-state index is 12.0. The Hall–Kier alpha value is -1.91. The number of aromatic nitrogens is 1. The highest BCUT2D eigenvalue weighted by Crippen LogP contribution is 2.11. The first-order chi connectivity index (χ1) is 10.1. The van der Waals surface area contributed by atoms with E-state index in [4.69, 9.17) is 0 Å². The molecule has 5 nitrogen and oxygen atoms in total. The molecule has 1 aliphatic rings. The topological polar surface area (TPSA) is 62.3 Å². The number of aryl methyl sites for hydroxylation is 2. The van der Waals surface area contributed by atoms with Crippen LogP contribution in [0.25, 0.3) is 0 Å². The third-order valence-electron chi connectivity index (χ3n) is 3.89. The van der Waals surface area contributed by atoms with Crippen molar-refractivity contribution in [1.82, 2.24) is 15.2 Å². The number of nitrogens with one attached hydrogen (secondary N) is 1. The predicted molar refractivity (Wildman–Crippen MR) is 80.6 cm³/mol. The van der Waals surface area contributed by atoms with Gasteiger partial charge in [0.05, 0.1) is 6.54 Å². The Balaban J connectivity index is 1.83. The molecule has 1 aliphatic heterocycles. The Morgan fingerprint density at radius 1 is 1.33 bits per heavy atom. The smallest absolute Gasteiger partial charge is 0.239 e. The maximum Gasteiger partial charge on any atom is 0.239 e. The Kier molecular flexibility index (Phi) is 5.31. The van der Waals surface area contributed by atoms with E-state index < -0.39 is 0 Å². The Labute approximate surface area is 125 Å². The quantitative estimate of drug-likeness (QED) is 0.918. The minimum Gasteiger partial charge on any atom is -0.350 e. The lowest BCUT2D eigenvalue weighted by atomic mass is 10.1. The van der Waals surface area contributed by atoms with Crippen LogP contribution in [0.15, 0.2) is 12.3 Å². The van der Waals surface area contributed by atoms with Crippen molar-refractivity contribution in [1.29, 1.82) is 0 Å². The number of nitrogens with zero attached hydrogens (tertiary/aromatic N) is 2. The molecule has 0 bridgehead atoms. The van der Waals surface area contributed by atoms with E-state index in [9.17, 15) is 9.59 Å². The Morgan fingerprint density at radius 3 is 2.90 bits per heavy atom. The molecule has 0 aliphatic carbocycles. The molecule has 0 saturated carbocycles. The van der Waals surface area contributed by atoms with Gasteiger partial charge in [-0.05, 0) is 37.8 Å². The van der Waals surface area contributed by atoms with Gasteiger partial charge in [0.15, 0.2) is 0 Å². The zero-order chi connectivity index (χ0) is 15.2. The van der Waals surface area contributed by atoms with Gasteiger partial charge < -0.3 is 10.2 Å². The van der Waals surface area contributed by atoms with Gasteiger partial charge in [0.2, 0.25) is 11.8 Å². The number of carbonyl (C=O) groups is 2. The summed E-state index contributed by atoms with van der Waals surface area (Å²) in [7, 11) is 0. The molecule has 0 radical (unpaired) electrons. The summed E-state index contributed by atoms with van der Waals surface area (Å²) in [5.74, 6) is -0.0148. The van der Waals surface area contributed by atoms with E-state index in [-0.39, 0.29) is 18.4 Å². The third-order valence-corrected chi connectivity index (χ3v) is 3.89. The van der Waals surface area contributed by atoms with Gasteiger partial charge in [-0.15, -0.1) is 0 Å². The Morgan fingerprint density at radius 2 is 2.14 bits per heavy atom. The van der Waals surface area contributed by atoms with Crippen molar-refractivity contribution in [2.75, 3.05) is 13.1 Å². The standard InChI is InChI=1S/C16H23N3O2/c1-12-8-14(9-17-13(12)2)10-18-15(20)11-19-7-5-3-4-6-16(19)21/h8-9H,3-7,10-11H2,1-2H3,(H,18,20). The molecule has 2 rings (SSSR count). The molecule has 0 unspecified atom stereocenters. The fourth-order valence-corrected chi connectivity index (χ4v) is 2.43. The maximum absolute atomic E-state index is 12.0. The SMILES string of the molecule is Cc1cc(CNC(=O)CN2CCCCCC2=O)cnc1C. The fourth-order valence-electron chi connectivity index (χ4n) is 2.43. The van der Waals surface area contributed by atoms with Crippen LogP contribution in [-0.4, -0.2) is 34.8 Å². The molecule has 1 saturated heterocycles. The van der Waals surface area contributed by atoms with Crippen molar-refractivity contribution >= 4 is 11.8 Å². The van der Waals surface area contributed by atoms with Crippen LogP contribution in [0, 0.1) is 13.8 Å². The molecular weight excluding hydrogens is 266 g/mol. The number of hydrogen-bond donors (Lipinski definition) is 1. The average Bonchev–Trinajstić information content (AvgIpc) is 2.65. The molecule has 0 atom stereocenters. The molecule has 1 aromatic rings. The Bertz CT molecular complexity index is 528. The van der Waals surface area contributed by atoms with Crippen LogP contribution >= 0.6 is 0 Å². The summed E-state index contributed by atoms with van der Waals surface area (Å²) in [4.78, 5) is 29.8. The summed E-state index contributed by atoms with van der Waals surface area (Å²) in [6.45, 7) is 5.27. The lowest BCUT2D eigenvalue weighted by molar-refractivity contribution is -0.135. The summed E-state index contributed by atoms with van der Waals surface area (Å²) >= 11 is 0. The van der Waals surface area contributed by atoms with Gasteiger partial charge in [-0.25, -0.2) is 0 Å². The average molecular weight is 289 g/mol. The first-order valence-electron chi connectivity index (χ1n) is 7.53. The third kappa shape index (κ3) is 4.55. The summed E-state index contributed by atoms with van der Waals surface area (Å²) in [6.07, 6.45) is 5.33. The van der Waals surface area contributed by atoms with Crippen molar-refractivity contribution < 1.29 is 9.59 Å². The zero-order valence-corrected chi connectivity index (χ0v) is 12.8. The van der Waals surface area contributed by atoms with E-state index in [0.717, 1.165) is 36.1 Å². The largest absolute Gasteiger partial charge is 0.350 e. The molecule has 1 N–H and O–H groups in total. The molecule has 2 amide bonds. The van der Waals surface area contributed by atoms with Crippen LogP contribution < -0.4 is 5.32 Å². The number of amides is 2. The highest BCUT2D eigenvalue weighted by molar-refractivity contribution is 5.84. The number of pyridine rings is 1. The lowest BCUT2D eigenvalue weighted by Gasteiger charge is -2.19. The second kappa shape index (κ2) is 7.20. The zero-order valence-electron chi connectivity index (χ0n) is 12.8. The second-order valence-electron chi connectivity index (χ2n) is 5.65. The summed E-state index contributed by atoms with van der Waals surface area (Å²) in [5, 5.41) is 2.86. The molecule has 114 valence electrons. The minimum absolute atomic E-state index is 0.0931. The van der Waals surface area contributed by atoms with Gasteiger partial charge >= 0.3 is 0 Å². The van der Waals surface area contributed by atoms with Crippen LogP contribution in [0.2, 0.25) is 0 Å². The van der Waals surface area contributed by atoms with Gasteiger partial charge in [0.25, 0.3) is 0 Å². The first-order valence-corrected chi connectivity index (χ1v) is 7.53. The van der Waals surface area contributed by atoms with Gasteiger partial charge in [0.1, 0.15) is 0 Å². The van der Waals surface area contributed by atoms with Crippen LogP contribution in [-0.2, 0) is 16.1 Å². The van der Waals surface area contributed by atoms with Crippen LogP contribution in [0.5, 0.6) is 0 Å². The van der Waals surface area contributed by atoms with Gasteiger partial charge in [-0.2, -0.15) is 0 Å². The number of carbonyl (C=O) groups excluding carboxylic acids is 2. The highest BCUT2D eigenvalue weighted by Gasteiger charge is 2.18. The molecular formula is C16H23N3O2. The summed E-state index contributed by atoms with van der Waals surface area (Å²) in [6, 6.07) is 2.03. The molecule has 1 fully saturated rings. The van der Waals surface area contributed by atoms with E-state index in [1.807, 2.05) is 19.9 Å². The van der Waals surface area contributed by atoms with Crippen molar-refractivity contribution in [3.63, 3.8) is 0 Å². The fraction of sp³-hybridized carbons (Fsp3) is 0.562. The monoisotopic (exact) mass is 289 g/mol. The van der Waals surface area contributed by atoms with Crippen LogP contribution in [0.4, 0.5) is 0 Å². The van der Waals surface area contributed by atoms with Gasteiger partial charge in [-0.1, -0.05) is 12.5 Å². The lowest BCUT2D eigenvalue weighted by Crippen LogP contribution is -2.40. The predicted octanol–water partition coefficient (Wildman–Crippen LogP) is 1.72. The highest BCUT2D eigenvalue weighted by atomic mass is 16.2. The number of likely N-dealkylation sites (tertiary alicyclic amines) is 1. The molecule has 5 heteroatoms. The second-order valence-corrected chi connectivity index (χ2v) is 5.65. The van der Waals surface area contributed by atoms with E-state index in [2.05, 4.69) is 10.3 Å². The van der Waals surface area contributed by atoms with Crippen molar-refractivity contribution in [2.24, 2.45) is 0 Å². The van der Waals surface area contributed by atoms with Crippen LogP contribution in [0.3, 0.4) is 0 Å². The number of rotatable bonds is 4. The molecule has 0 spiro atoms. The molecule has 0 aromatic carbocycles. The van der Waals surface area contributed by atoms with Crippen molar-refractivity contribution in [3.8, 4) is 0 Å². The summed E-state index contributed by atoms with van der Waals surface area (Å²) in [5.41, 5.74) is 3.10. The van der Waals surface area contributed by atoms with Gasteiger partial charge in [-0.3, -0.25) is 14.6 Å². The molecule has 21 heavy (non-hydrogen) atoms.